The van der Waals surface area contributed by atoms with Crippen molar-refractivity contribution >= 4 is 17.8 Å². The molecular formula is C20H37N3O5Pt. The Hall–Kier alpha value is -0.982. The summed E-state index contributed by atoms with van der Waals surface area (Å²) in [5, 5.41) is 13.0. The summed E-state index contributed by atoms with van der Waals surface area (Å²) in [7, 11) is 0. The predicted octanol–water partition coefficient (Wildman–Crippen LogP) is 0.828. The van der Waals surface area contributed by atoms with Gasteiger partial charge in [0.25, 0.3) is 0 Å². The molecule has 3 atom stereocenters. The van der Waals surface area contributed by atoms with Crippen molar-refractivity contribution in [3.8, 4) is 0 Å². The monoisotopic (exact) mass is 594 g/mol. The van der Waals surface area contributed by atoms with Gasteiger partial charge in [0.15, 0.2) is 0 Å². The first-order chi connectivity index (χ1) is 13.9. The fourth-order valence-corrected chi connectivity index (χ4v) is 3.43. The number of carboxylic acid groups (broad SMARTS) is 1. The summed E-state index contributed by atoms with van der Waals surface area (Å²) in [4.78, 5) is 33.6. The molecule has 29 heavy (non-hydrogen) atoms. The van der Waals surface area contributed by atoms with Gasteiger partial charge in [0.05, 0.1) is 12.0 Å². The van der Waals surface area contributed by atoms with E-state index < -0.39 is 29.9 Å². The molecule has 172 valence electrons. The molecule has 1 aliphatic carbocycles. The van der Waals surface area contributed by atoms with Crippen LogP contribution in [0.15, 0.2) is 0 Å². The molecule has 9 heteroatoms. The molecule has 1 heterocycles. The number of carbonyl (C=O) groups excluding carboxylic acids is 3. The van der Waals surface area contributed by atoms with Crippen molar-refractivity contribution in [2.45, 2.75) is 103 Å². The van der Waals surface area contributed by atoms with Crippen molar-refractivity contribution in [2.75, 3.05) is 0 Å². The van der Waals surface area contributed by atoms with Crippen LogP contribution in [-0.4, -0.2) is 36.0 Å². The number of esters is 1. The Morgan fingerprint density at radius 1 is 1.17 bits per heavy atom. The molecule has 1 saturated carbocycles. The van der Waals surface area contributed by atoms with Crippen LogP contribution in [0.5, 0.6) is 0 Å². The van der Waals surface area contributed by atoms with E-state index in [0.717, 1.165) is 32.1 Å². The second-order valence-corrected chi connectivity index (χ2v) is 7.59. The number of ether oxygens (including phenoxy) is 1. The molecule has 2 fully saturated rings. The maximum absolute atomic E-state index is 11.6. The second kappa shape index (κ2) is 16.8. The van der Waals surface area contributed by atoms with E-state index in [9.17, 15) is 19.5 Å². The molecular weight excluding hydrogens is 557 g/mol. The zero-order valence-electron chi connectivity index (χ0n) is 17.6. The summed E-state index contributed by atoms with van der Waals surface area (Å²) < 4.78 is 9.59. The molecule has 5 N–H and O–H groups in total. The third-order valence-electron chi connectivity index (χ3n) is 5.17. The van der Waals surface area contributed by atoms with Crippen LogP contribution in [0.4, 0.5) is 0 Å². The summed E-state index contributed by atoms with van der Waals surface area (Å²) in [6, 6.07) is -0.524. The molecule has 1 amide bonds. The van der Waals surface area contributed by atoms with Crippen molar-refractivity contribution in [1.82, 2.24) is 5.32 Å². The molecule has 8 nitrogen and oxygen atoms in total. The number of hydrogen-bond acceptors (Lipinski definition) is 7. The van der Waals surface area contributed by atoms with E-state index in [1.165, 1.54) is 39.0 Å². The van der Waals surface area contributed by atoms with Gasteiger partial charge in [-0.15, -0.1) is 0 Å². The van der Waals surface area contributed by atoms with Crippen LogP contribution in [0.1, 0.15) is 84.5 Å². The number of hydrogen-bond donors (Lipinski definition) is 3. The molecule has 0 aromatic rings. The minimum absolute atomic E-state index is 0.304. The zero-order valence-corrected chi connectivity index (χ0v) is 19.9. The van der Waals surface area contributed by atoms with Crippen molar-refractivity contribution in [1.29, 1.82) is 0 Å². The molecule has 0 aromatic heterocycles. The number of carboxylic acids is 1. The summed E-state index contributed by atoms with van der Waals surface area (Å²) in [6.07, 6.45) is 11.3. The number of unbranched alkanes of at least 4 members (excludes halogenated alkanes) is 4. The maximum atomic E-state index is 11.6. The van der Waals surface area contributed by atoms with Crippen molar-refractivity contribution in [3.63, 3.8) is 0 Å². The molecule has 1 aliphatic heterocycles. The van der Waals surface area contributed by atoms with Crippen LogP contribution in [-0.2, 0) is 39.2 Å². The number of amides is 1. The predicted molar refractivity (Wildman–Crippen MR) is 105 cm³/mol. The van der Waals surface area contributed by atoms with Crippen LogP contribution < -0.4 is 20.4 Å². The summed E-state index contributed by atoms with van der Waals surface area (Å²) in [5.41, 5.74) is 5.63. The minimum atomic E-state index is -1.35. The molecule has 0 bridgehead atoms. The Morgan fingerprint density at radius 3 is 2.21 bits per heavy atom. The Balaban J connectivity index is 0.000000722. The SMILES string of the molecule is CCCCCCCC(=O)OC(C)C1C(=O)NC1C(=O)[O-].NC1CCCCC1.[NH2][Pt+]. The van der Waals surface area contributed by atoms with Crippen LogP contribution in [0.25, 0.3) is 0 Å². The third kappa shape index (κ3) is 11.7. The average Bonchev–Trinajstić information content (AvgIpc) is 2.68. The molecule has 2 aliphatic rings. The first-order valence-corrected chi connectivity index (χ1v) is 11.8. The molecule has 0 spiro atoms. The molecule has 2 rings (SSSR count). The number of aliphatic carboxylic acids is 1. The Kier molecular flexibility index (Phi) is 16.2. The van der Waals surface area contributed by atoms with Gasteiger partial charge < -0.3 is 25.7 Å². The van der Waals surface area contributed by atoms with Gasteiger partial charge in [-0.05, 0) is 26.2 Å². The zero-order chi connectivity index (χ0) is 22.2. The van der Waals surface area contributed by atoms with E-state index in [-0.39, 0.29) is 5.97 Å². The quantitative estimate of drug-likeness (QED) is 0.204. The van der Waals surface area contributed by atoms with E-state index in [1.54, 1.807) is 20.1 Å². The van der Waals surface area contributed by atoms with E-state index in [0.29, 0.717) is 12.5 Å². The molecule has 0 aromatic carbocycles. The number of nitrogens with two attached hydrogens (primary N) is 2. The molecule has 1 saturated heterocycles. The Morgan fingerprint density at radius 2 is 1.76 bits per heavy atom. The standard InChI is InChI=1S/C14H23NO5.C6H13N.H2N.Pt/c1-3-4-5-6-7-8-10(16)20-9(2)11-12(14(18)19)15-13(11)17;7-6-4-2-1-3-5-6;;/h9,11-12H,3-8H2,1-2H3,(H,15,17)(H,18,19);6H,1-5,7H2;1H2;/q;;-1;+2/p-1. The van der Waals surface area contributed by atoms with Crippen molar-refractivity contribution in [2.24, 2.45) is 15.9 Å². The Bertz CT molecular complexity index is 487. The van der Waals surface area contributed by atoms with Gasteiger partial charge in [-0.25, -0.2) is 0 Å². The first-order valence-electron chi connectivity index (χ1n) is 10.5. The Labute approximate surface area is 186 Å². The fourth-order valence-electron chi connectivity index (χ4n) is 3.43. The van der Waals surface area contributed by atoms with Crippen LogP contribution in [0.2, 0.25) is 0 Å². The summed E-state index contributed by atoms with van der Waals surface area (Å²) in [5.74, 6) is -2.99. The van der Waals surface area contributed by atoms with E-state index in [1.807, 2.05) is 0 Å². The van der Waals surface area contributed by atoms with Gasteiger partial charge in [-0.3, -0.25) is 9.59 Å². The second-order valence-electron chi connectivity index (χ2n) is 7.59. The normalized spacial score (nSPS) is 21.9. The number of carbonyl (C=O) groups is 3. The van der Waals surface area contributed by atoms with E-state index in [4.69, 9.17) is 10.5 Å². The third-order valence-corrected chi connectivity index (χ3v) is 5.17. The van der Waals surface area contributed by atoms with Crippen LogP contribution in [0.3, 0.4) is 0 Å². The van der Waals surface area contributed by atoms with Gasteiger partial charge in [0.2, 0.25) is 5.91 Å². The van der Waals surface area contributed by atoms with E-state index >= 15 is 0 Å². The van der Waals surface area contributed by atoms with Crippen LogP contribution in [0, 0.1) is 5.92 Å². The fraction of sp³-hybridized carbons (Fsp3) is 0.850. The molecule has 0 radical (unpaired) electrons. The number of β-lactam (4-membered cyclic amide) rings is 1. The molecule has 3 unspecified atom stereocenters. The first kappa shape index (κ1) is 28.0. The van der Waals surface area contributed by atoms with Gasteiger partial charge >= 0.3 is 30.3 Å². The summed E-state index contributed by atoms with van der Waals surface area (Å²) in [6.45, 7) is 3.65. The topological polar surface area (TPSA) is 148 Å². The van der Waals surface area contributed by atoms with E-state index in [2.05, 4.69) is 16.5 Å². The number of rotatable bonds is 9. The summed E-state index contributed by atoms with van der Waals surface area (Å²) >= 11 is 1.64. The van der Waals surface area contributed by atoms with Gasteiger partial charge in [0, 0.05) is 12.5 Å². The van der Waals surface area contributed by atoms with Crippen molar-refractivity contribution in [3.05, 3.63) is 0 Å². The van der Waals surface area contributed by atoms with Gasteiger partial charge in [-0.1, -0.05) is 51.9 Å². The van der Waals surface area contributed by atoms with Crippen molar-refractivity contribution < 1.29 is 44.3 Å². The van der Waals surface area contributed by atoms with Gasteiger partial charge in [-0.2, -0.15) is 0 Å². The van der Waals surface area contributed by atoms with Gasteiger partial charge in [0.1, 0.15) is 12.0 Å². The average molecular weight is 595 g/mol. The number of nitrogens with one attached hydrogen (secondary N) is 1. The van der Waals surface area contributed by atoms with Crippen LogP contribution >= 0.6 is 0 Å².